The Morgan fingerprint density at radius 1 is 1.43 bits per heavy atom. The van der Waals surface area contributed by atoms with Gasteiger partial charge in [0, 0.05) is 30.2 Å². The van der Waals surface area contributed by atoms with Gasteiger partial charge in [-0.05, 0) is 37.1 Å². The molecule has 0 radical (unpaired) electrons. The maximum absolute atomic E-state index is 6.13. The summed E-state index contributed by atoms with van der Waals surface area (Å²) in [5.74, 6) is 0. The smallest absolute Gasteiger partial charge is 0.0622 e. The number of morpholine rings is 1. The van der Waals surface area contributed by atoms with Crippen LogP contribution < -0.4 is 5.32 Å². The van der Waals surface area contributed by atoms with Crippen molar-refractivity contribution in [3.05, 3.63) is 34.9 Å². The number of hydrogen-bond acceptors (Lipinski definition) is 3. The van der Waals surface area contributed by atoms with Gasteiger partial charge in [0.05, 0.1) is 13.2 Å². The first-order chi connectivity index (χ1) is 10.2. The van der Waals surface area contributed by atoms with E-state index in [0.717, 1.165) is 50.7 Å². The summed E-state index contributed by atoms with van der Waals surface area (Å²) in [5.41, 5.74) is 1.28. The van der Waals surface area contributed by atoms with E-state index in [0.29, 0.717) is 12.1 Å². The fraction of sp³-hybridized carbons (Fsp3) is 0.647. The molecule has 1 saturated heterocycles. The van der Waals surface area contributed by atoms with Crippen LogP contribution in [0.2, 0.25) is 5.02 Å². The Balaban J connectivity index is 1.96. The second-order valence-corrected chi connectivity index (χ2v) is 6.06. The van der Waals surface area contributed by atoms with Crippen LogP contribution >= 0.6 is 11.6 Å². The van der Waals surface area contributed by atoms with E-state index in [1.165, 1.54) is 5.56 Å². The average Bonchev–Trinajstić information content (AvgIpc) is 2.51. The van der Waals surface area contributed by atoms with E-state index in [-0.39, 0.29) is 0 Å². The van der Waals surface area contributed by atoms with Crippen LogP contribution in [0.4, 0.5) is 0 Å². The van der Waals surface area contributed by atoms with Crippen molar-refractivity contribution in [1.29, 1.82) is 0 Å². The minimum Gasteiger partial charge on any atom is -0.378 e. The van der Waals surface area contributed by atoms with Crippen molar-refractivity contribution in [1.82, 2.24) is 10.2 Å². The molecule has 1 aromatic rings. The molecule has 1 aliphatic rings. The molecule has 0 spiro atoms. The second-order valence-electron chi connectivity index (χ2n) is 5.63. The Morgan fingerprint density at radius 3 is 3.00 bits per heavy atom. The van der Waals surface area contributed by atoms with Gasteiger partial charge in [-0.25, -0.2) is 0 Å². The van der Waals surface area contributed by atoms with Gasteiger partial charge in [-0.1, -0.05) is 37.6 Å². The zero-order valence-electron chi connectivity index (χ0n) is 13.1. The summed E-state index contributed by atoms with van der Waals surface area (Å²) >= 11 is 6.13. The lowest BCUT2D eigenvalue weighted by atomic mass is 10.0. The quantitative estimate of drug-likeness (QED) is 0.834. The topological polar surface area (TPSA) is 24.5 Å². The van der Waals surface area contributed by atoms with Gasteiger partial charge in [0.1, 0.15) is 0 Å². The average molecular weight is 311 g/mol. The van der Waals surface area contributed by atoms with Crippen LogP contribution in [0.5, 0.6) is 0 Å². The summed E-state index contributed by atoms with van der Waals surface area (Å²) < 4.78 is 5.58. The molecule has 0 amide bonds. The molecular weight excluding hydrogens is 284 g/mol. The number of rotatable bonds is 7. The van der Waals surface area contributed by atoms with Crippen molar-refractivity contribution in [3.63, 3.8) is 0 Å². The Morgan fingerprint density at radius 2 is 2.29 bits per heavy atom. The highest BCUT2D eigenvalue weighted by atomic mass is 35.5. The molecule has 2 atom stereocenters. The van der Waals surface area contributed by atoms with Crippen molar-refractivity contribution in [2.24, 2.45) is 0 Å². The minimum atomic E-state index is 0.369. The van der Waals surface area contributed by atoms with E-state index in [2.05, 4.69) is 36.2 Å². The normalized spacial score (nSPS) is 21.4. The molecule has 0 aromatic heterocycles. The number of nitrogens with zero attached hydrogens (tertiary/aromatic N) is 1. The molecule has 0 aliphatic carbocycles. The molecule has 118 valence electrons. The highest BCUT2D eigenvalue weighted by molar-refractivity contribution is 6.30. The first kappa shape index (κ1) is 16.8. The van der Waals surface area contributed by atoms with Crippen LogP contribution in [-0.4, -0.2) is 43.8 Å². The number of nitrogens with one attached hydrogen (secondary N) is 1. The van der Waals surface area contributed by atoms with Crippen LogP contribution in [0.1, 0.15) is 38.3 Å². The van der Waals surface area contributed by atoms with Gasteiger partial charge in [0.2, 0.25) is 0 Å². The van der Waals surface area contributed by atoms with E-state index in [1.807, 2.05) is 12.1 Å². The largest absolute Gasteiger partial charge is 0.378 e. The Labute approximate surface area is 133 Å². The van der Waals surface area contributed by atoms with Crippen molar-refractivity contribution < 1.29 is 4.74 Å². The lowest BCUT2D eigenvalue weighted by Gasteiger charge is -2.36. The van der Waals surface area contributed by atoms with Crippen molar-refractivity contribution in [3.8, 4) is 0 Å². The van der Waals surface area contributed by atoms with Gasteiger partial charge in [-0.3, -0.25) is 4.90 Å². The van der Waals surface area contributed by atoms with E-state index in [4.69, 9.17) is 16.3 Å². The molecule has 1 N–H and O–H groups in total. The van der Waals surface area contributed by atoms with Crippen molar-refractivity contribution in [2.75, 3.05) is 32.8 Å². The molecular formula is C17H27ClN2O. The molecule has 1 aromatic carbocycles. The Kier molecular flexibility index (Phi) is 6.97. The van der Waals surface area contributed by atoms with Crippen LogP contribution in [0.25, 0.3) is 0 Å². The SMILES string of the molecule is CCNC(CCN1CCOCC1CC)c1cccc(Cl)c1. The summed E-state index contributed by atoms with van der Waals surface area (Å²) in [6, 6.07) is 9.14. The number of ether oxygens (including phenoxy) is 1. The maximum Gasteiger partial charge on any atom is 0.0622 e. The molecule has 3 nitrogen and oxygen atoms in total. The molecule has 2 rings (SSSR count). The fourth-order valence-corrected chi connectivity index (χ4v) is 3.21. The zero-order chi connectivity index (χ0) is 15.1. The van der Waals surface area contributed by atoms with E-state index < -0.39 is 0 Å². The maximum atomic E-state index is 6.13. The molecule has 1 aliphatic heterocycles. The lowest BCUT2D eigenvalue weighted by molar-refractivity contribution is -0.0100. The van der Waals surface area contributed by atoms with Crippen LogP contribution in [0, 0.1) is 0 Å². The predicted octanol–water partition coefficient (Wildman–Crippen LogP) is 3.49. The van der Waals surface area contributed by atoms with Crippen molar-refractivity contribution >= 4 is 11.6 Å². The highest BCUT2D eigenvalue weighted by Crippen LogP contribution is 2.22. The molecule has 1 fully saturated rings. The number of hydrogen-bond donors (Lipinski definition) is 1. The van der Waals surface area contributed by atoms with Gasteiger partial charge >= 0.3 is 0 Å². The first-order valence-corrected chi connectivity index (χ1v) is 8.43. The molecule has 2 unspecified atom stereocenters. The molecule has 4 heteroatoms. The number of benzene rings is 1. The summed E-state index contributed by atoms with van der Waals surface area (Å²) in [6.45, 7) is 9.25. The fourth-order valence-electron chi connectivity index (χ4n) is 3.01. The molecule has 1 heterocycles. The van der Waals surface area contributed by atoms with Crippen LogP contribution in [0.3, 0.4) is 0 Å². The van der Waals surface area contributed by atoms with Crippen LogP contribution in [0.15, 0.2) is 24.3 Å². The van der Waals surface area contributed by atoms with Gasteiger partial charge in [0.15, 0.2) is 0 Å². The van der Waals surface area contributed by atoms with Gasteiger partial charge in [-0.15, -0.1) is 0 Å². The second kappa shape index (κ2) is 8.74. The van der Waals surface area contributed by atoms with Crippen molar-refractivity contribution in [2.45, 2.75) is 38.8 Å². The van der Waals surface area contributed by atoms with Gasteiger partial charge < -0.3 is 10.1 Å². The first-order valence-electron chi connectivity index (χ1n) is 8.05. The number of halogens is 1. The van der Waals surface area contributed by atoms with Gasteiger partial charge in [0.25, 0.3) is 0 Å². The monoisotopic (exact) mass is 310 g/mol. The Hall–Kier alpha value is -0.610. The third-order valence-corrected chi connectivity index (χ3v) is 4.46. The lowest BCUT2D eigenvalue weighted by Crippen LogP contribution is -2.46. The third kappa shape index (κ3) is 4.96. The molecule has 0 saturated carbocycles. The van der Waals surface area contributed by atoms with E-state index in [1.54, 1.807) is 0 Å². The summed E-state index contributed by atoms with van der Waals surface area (Å²) in [6.07, 6.45) is 2.26. The van der Waals surface area contributed by atoms with Crippen LogP contribution in [-0.2, 0) is 4.74 Å². The summed E-state index contributed by atoms with van der Waals surface area (Å²) in [4.78, 5) is 2.57. The standard InChI is InChI=1S/C17H27ClN2O/c1-3-16-13-21-11-10-20(16)9-8-17(19-4-2)14-6-5-7-15(18)12-14/h5-7,12,16-17,19H,3-4,8-11,13H2,1-2H3. The summed E-state index contributed by atoms with van der Waals surface area (Å²) in [7, 11) is 0. The zero-order valence-corrected chi connectivity index (χ0v) is 13.9. The van der Waals surface area contributed by atoms with E-state index in [9.17, 15) is 0 Å². The van der Waals surface area contributed by atoms with Gasteiger partial charge in [-0.2, -0.15) is 0 Å². The third-order valence-electron chi connectivity index (χ3n) is 4.23. The molecule has 0 bridgehead atoms. The molecule has 21 heavy (non-hydrogen) atoms. The predicted molar refractivity (Wildman–Crippen MR) is 89.0 cm³/mol. The van der Waals surface area contributed by atoms with E-state index >= 15 is 0 Å². The minimum absolute atomic E-state index is 0.369. The Bertz CT molecular complexity index is 427. The summed E-state index contributed by atoms with van der Waals surface area (Å²) in [5, 5.41) is 4.40. The highest BCUT2D eigenvalue weighted by Gasteiger charge is 2.22.